The highest BCUT2D eigenvalue weighted by Gasteiger charge is 2.10. The van der Waals surface area contributed by atoms with Crippen molar-refractivity contribution >= 4 is 11.6 Å². The summed E-state index contributed by atoms with van der Waals surface area (Å²) in [7, 11) is 0. The largest absolute Gasteiger partial charge is 0.235 e. The van der Waals surface area contributed by atoms with Gasteiger partial charge >= 0.3 is 0 Å². The normalized spacial score (nSPS) is 12.0. The molecule has 0 amide bonds. The van der Waals surface area contributed by atoms with Gasteiger partial charge in [-0.3, -0.25) is 0 Å². The quantitative estimate of drug-likeness (QED) is 0.267. The van der Waals surface area contributed by atoms with E-state index in [0.717, 1.165) is 0 Å². The Hall–Kier alpha value is 0.210. The molecule has 0 aliphatic carbocycles. The summed E-state index contributed by atoms with van der Waals surface area (Å²) in [6.07, 6.45) is 0. The zero-order valence-electron chi connectivity index (χ0n) is 6.11. The van der Waals surface area contributed by atoms with Gasteiger partial charge in [0.15, 0.2) is 0 Å². The molecule has 0 aliphatic rings. The van der Waals surface area contributed by atoms with E-state index in [1.165, 1.54) is 0 Å². The third-order valence-corrected chi connectivity index (χ3v) is 0.624. The van der Waals surface area contributed by atoms with Crippen LogP contribution in [-0.4, -0.2) is 18.1 Å². The van der Waals surface area contributed by atoms with Gasteiger partial charge in [-0.05, 0) is 20.8 Å². The summed E-state index contributed by atoms with van der Waals surface area (Å²) in [4.78, 5) is 9.60. The molecule has 2 nitrogen and oxygen atoms in total. The van der Waals surface area contributed by atoms with Crippen LogP contribution in [0.4, 0.5) is 0 Å². The third kappa shape index (κ3) is 8.21. The summed E-state index contributed by atoms with van der Waals surface area (Å²) in [5.41, 5.74) is -0.230. The summed E-state index contributed by atoms with van der Waals surface area (Å²) in [5, 5.41) is 0. The van der Waals surface area contributed by atoms with Crippen LogP contribution >= 0.6 is 11.6 Å². The van der Waals surface area contributed by atoms with Gasteiger partial charge in [-0.2, -0.15) is 0 Å². The van der Waals surface area contributed by atoms with E-state index in [0.29, 0.717) is 12.5 Å². The van der Waals surface area contributed by atoms with Crippen molar-refractivity contribution < 1.29 is 9.78 Å². The predicted octanol–water partition coefficient (Wildman–Crippen LogP) is 1.97. The lowest BCUT2D eigenvalue weighted by atomic mass is 10.2. The lowest BCUT2D eigenvalue weighted by molar-refractivity contribution is -0.345. The molecule has 0 saturated carbocycles. The molecule has 0 radical (unpaired) electrons. The van der Waals surface area contributed by atoms with E-state index in [1.54, 1.807) is 0 Å². The van der Waals surface area contributed by atoms with E-state index in [1.807, 2.05) is 20.8 Å². The molecule has 0 aromatic rings. The topological polar surface area (TPSA) is 18.5 Å². The number of halogens is 1. The molecule has 0 saturated heterocycles. The monoisotopic (exact) mass is 152 g/mol. The molecule has 9 heavy (non-hydrogen) atoms. The molecule has 0 N–H and O–H groups in total. The lowest BCUT2D eigenvalue weighted by Crippen LogP contribution is -2.19. The van der Waals surface area contributed by atoms with Crippen LogP contribution in [0.3, 0.4) is 0 Å². The molecule has 0 heterocycles. The second-order valence-electron chi connectivity index (χ2n) is 2.71. The van der Waals surface area contributed by atoms with Crippen LogP contribution < -0.4 is 0 Å². The molecular weight excluding hydrogens is 140 g/mol. The van der Waals surface area contributed by atoms with Crippen molar-refractivity contribution in [2.75, 3.05) is 12.5 Å². The highest BCUT2D eigenvalue weighted by molar-refractivity contribution is 6.17. The van der Waals surface area contributed by atoms with E-state index in [9.17, 15) is 0 Å². The number of rotatable bonds is 3. The Labute approximate surface area is 61.0 Å². The van der Waals surface area contributed by atoms with E-state index >= 15 is 0 Å². The molecule has 3 heteroatoms. The van der Waals surface area contributed by atoms with Crippen molar-refractivity contribution in [2.45, 2.75) is 26.4 Å². The number of hydrogen-bond donors (Lipinski definition) is 0. The van der Waals surface area contributed by atoms with Gasteiger partial charge in [0.25, 0.3) is 0 Å². The van der Waals surface area contributed by atoms with Crippen LogP contribution in [0.25, 0.3) is 0 Å². The van der Waals surface area contributed by atoms with Crippen molar-refractivity contribution in [3.05, 3.63) is 0 Å². The Kier molecular flexibility index (Phi) is 4.19. The van der Waals surface area contributed by atoms with E-state index < -0.39 is 0 Å². The average molecular weight is 153 g/mol. The Bertz CT molecular complexity index is 67.9. The van der Waals surface area contributed by atoms with Gasteiger partial charge in [0.05, 0.1) is 12.2 Å². The first-order valence-electron chi connectivity index (χ1n) is 2.93. The maximum Gasteiger partial charge on any atom is 0.0957 e. The van der Waals surface area contributed by atoms with E-state index in [2.05, 4.69) is 0 Å². The molecule has 0 fully saturated rings. The molecule has 56 valence electrons. The summed E-state index contributed by atoms with van der Waals surface area (Å²) >= 11 is 5.33. The van der Waals surface area contributed by atoms with E-state index in [-0.39, 0.29) is 5.60 Å². The molecule has 0 aromatic heterocycles. The zero-order chi connectivity index (χ0) is 7.33. The molecule has 0 bridgehead atoms. The van der Waals surface area contributed by atoms with Gasteiger partial charge in [0.2, 0.25) is 0 Å². The third-order valence-electron chi connectivity index (χ3n) is 0.469. The predicted molar refractivity (Wildman–Crippen MR) is 37.5 cm³/mol. The summed E-state index contributed by atoms with van der Waals surface area (Å²) < 4.78 is 0. The molecule has 0 unspecified atom stereocenters. The maximum absolute atomic E-state index is 5.33. The van der Waals surface area contributed by atoms with Crippen LogP contribution in [0.2, 0.25) is 0 Å². The summed E-state index contributed by atoms with van der Waals surface area (Å²) in [6.45, 7) is 6.20. The van der Waals surface area contributed by atoms with Gasteiger partial charge in [0.1, 0.15) is 0 Å². The molecule has 0 aromatic carbocycles. The minimum atomic E-state index is -0.230. The lowest BCUT2D eigenvalue weighted by Gasteiger charge is -2.16. The van der Waals surface area contributed by atoms with Crippen molar-refractivity contribution in [3.8, 4) is 0 Å². The second kappa shape index (κ2) is 4.09. The van der Waals surface area contributed by atoms with Gasteiger partial charge < -0.3 is 0 Å². The first-order valence-corrected chi connectivity index (χ1v) is 3.46. The van der Waals surface area contributed by atoms with Gasteiger partial charge in [0, 0.05) is 5.88 Å². The second-order valence-corrected chi connectivity index (χ2v) is 3.08. The minimum Gasteiger partial charge on any atom is -0.235 e. The first kappa shape index (κ1) is 9.21. The van der Waals surface area contributed by atoms with Crippen molar-refractivity contribution in [2.24, 2.45) is 0 Å². The Morgan fingerprint density at radius 3 is 2.22 bits per heavy atom. The van der Waals surface area contributed by atoms with Gasteiger partial charge in [-0.15, -0.1) is 11.6 Å². The summed E-state index contributed by atoms with van der Waals surface area (Å²) in [6, 6.07) is 0. The van der Waals surface area contributed by atoms with Crippen LogP contribution in [0.5, 0.6) is 0 Å². The van der Waals surface area contributed by atoms with Crippen LogP contribution in [0.1, 0.15) is 20.8 Å². The molecule has 0 spiro atoms. The molecule has 0 rings (SSSR count). The van der Waals surface area contributed by atoms with Crippen molar-refractivity contribution in [1.29, 1.82) is 0 Å². The highest BCUT2D eigenvalue weighted by Crippen LogP contribution is 2.06. The van der Waals surface area contributed by atoms with Crippen LogP contribution in [0.15, 0.2) is 0 Å². The fourth-order valence-electron chi connectivity index (χ4n) is 0.250. The molecular formula is C6H13ClO2. The van der Waals surface area contributed by atoms with Crippen LogP contribution in [0, 0.1) is 0 Å². The number of alkyl halides is 1. The zero-order valence-corrected chi connectivity index (χ0v) is 6.86. The molecule has 0 aliphatic heterocycles. The number of hydrogen-bond acceptors (Lipinski definition) is 2. The van der Waals surface area contributed by atoms with Crippen molar-refractivity contribution in [1.82, 2.24) is 0 Å². The average Bonchev–Trinajstić information content (AvgIpc) is 1.63. The Morgan fingerprint density at radius 2 is 1.89 bits per heavy atom. The fourth-order valence-corrected chi connectivity index (χ4v) is 0.313. The Balaban J connectivity index is 3.07. The molecule has 0 atom stereocenters. The van der Waals surface area contributed by atoms with Crippen molar-refractivity contribution in [3.63, 3.8) is 0 Å². The van der Waals surface area contributed by atoms with Crippen LogP contribution in [-0.2, 0) is 9.78 Å². The maximum atomic E-state index is 5.33. The first-order chi connectivity index (χ1) is 4.06. The van der Waals surface area contributed by atoms with Gasteiger partial charge in [-0.1, -0.05) is 0 Å². The summed E-state index contributed by atoms with van der Waals surface area (Å²) in [5.74, 6) is 0.468. The highest BCUT2D eigenvalue weighted by atomic mass is 35.5. The SMILES string of the molecule is CC(C)(C)OOCCCl. The van der Waals surface area contributed by atoms with Gasteiger partial charge in [-0.25, -0.2) is 9.78 Å². The standard InChI is InChI=1S/C6H13ClO2/c1-6(2,3)9-8-5-4-7/h4-5H2,1-3H3. The smallest absolute Gasteiger partial charge is 0.0957 e. The van der Waals surface area contributed by atoms with E-state index in [4.69, 9.17) is 21.4 Å². The Morgan fingerprint density at radius 1 is 1.33 bits per heavy atom. The minimum absolute atomic E-state index is 0.230. The fraction of sp³-hybridized carbons (Fsp3) is 1.00.